The number of anilines is 1. The number of benzene rings is 3. The van der Waals surface area contributed by atoms with Gasteiger partial charge >= 0.3 is 0 Å². The van der Waals surface area contributed by atoms with E-state index in [9.17, 15) is 4.79 Å². The number of rotatable bonds is 4. The maximum Gasteiger partial charge on any atom is 0.271 e. The van der Waals surface area contributed by atoms with Crippen LogP contribution in [0.25, 0.3) is 6.08 Å². The highest BCUT2D eigenvalue weighted by atomic mass is 32.2. The molecule has 0 unspecified atom stereocenters. The summed E-state index contributed by atoms with van der Waals surface area (Å²) in [6.45, 7) is 0. The van der Waals surface area contributed by atoms with Crippen molar-refractivity contribution < 1.29 is 9.53 Å². The van der Waals surface area contributed by atoms with Crippen molar-refractivity contribution in [2.75, 3.05) is 12.0 Å². The summed E-state index contributed by atoms with van der Waals surface area (Å²) in [6.07, 6.45) is 1.86. The van der Waals surface area contributed by atoms with Crippen molar-refractivity contribution in [3.05, 3.63) is 95.4 Å². The minimum Gasteiger partial charge on any atom is -0.496 e. The van der Waals surface area contributed by atoms with E-state index in [1.807, 2.05) is 91.0 Å². The second kappa shape index (κ2) is 8.15. The molecule has 1 aliphatic rings. The molecule has 3 aromatic carbocycles. The summed E-state index contributed by atoms with van der Waals surface area (Å²) in [4.78, 5) is 20.2. The van der Waals surface area contributed by atoms with Crippen LogP contribution in [0.5, 0.6) is 5.75 Å². The number of carbonyl (C=O) groups excluding carboxylic acids is 1. The van der Waals surface area contributed by atoms with Crippen molar-refractivity contribution in [2.45, 2.75) is 0 Å². The molecule has 5 heteroatoms. The van der Waals surface area contributed by atoms with Crippen LogP contribution in [0, 0.1) is 0 Å². The molecule has 0 aromatic heterocycles. The van der Waals surface area contributed by atoms with Gasteiger partial charge in [0.25, 0.3) is 5.91 Å². The SMILES string of the molecule is COc1ccccc1/C=C1\SC(=Nc2ccccc2)N(c2ccccc2)C1=O. The van der Waals surface area contributed by atoms with Gasteiger partial charge in [-0.15, -0.1) is 0 Å². The Labute approximate surface area is 168 Å². The van der Waals surface area contributed by atoms with E-state index >= 15 is 0 Å². The van der Waals surface area contributed by atoms with Crippen molar-refractivity contribution >= 4 is 40.3 Å². The first kappa shape index (κ1) is 18.1. The number of carbonyl (C=O) groups is 1. The van der Waals surface area contributed by atoms with E-state index in [1.165, 1.54) is 11.8 Å². The van der Waals surface area contributed by atoms with E-state index in [2.05, 4.69) is 0 Å². The summed E-state index contributed by atoms with van der Waals surface area (Å²) in [5.74, 6) is 0.625. The lowest BCUT2D eigenvalue weighted by molar-refractivity contribution is -0.113. The number of aliphatic imine (C=N–C) groups is 1. The molecule has 0 atom stereocenters. The van der Waals surface area contributed by atoms with Crippen molar-refractivity contribution in [1.29, 1.82) is 0 Å². The Hall–Kier alpha value is -3.31. The van der Waals surface area contributed by atoms with Gasteiger partial charge in [-0.25, -0.2) is 4.99 Å². The molecule has 1 aliphatic heterocycles. The van der Waals surface area contributed by atoms with Crippen LogP contribution in [0.1, 0.15) is 5.56 Å². The van der Waals surface area contributed by atoms with Crippen molar-refractivity contribution in [3.63, 3.8) is 0 Å². The molecule has 0 bridgehead atoms. The first-order chi connectivity index (χ1) is 13.8. The number of amidine groups is 1. The monoisotopic (exact) mass is 386 g/mol. The molecule has 0 spiro atoms. The Balaban J connectivity index is 1.78. The molecule has 1 fully saturated rings. The molecule has 3 aromatic rings. The number of amides is 1. The van der Waals surface area contributed by atoms with Gasteiger partial charge in [0.15, 0.2) is 5.17 Å². The van der Waals surface area contributed by atoms with Gasteiger partial charge in [-0.05, 0) is 48.2 Å². The van der Waals surface area contributed by atoms with Gasteiger partial charge in [-0.3, -0.25) is 9.69 Å². The highest BCUT2D eigenvalue weighted by Gasteiger charge is 2.34. The average Bonchev–Trinajstić information content (AvgIpc) is 3.04. The summed E-state index contributed by atoms with van der Waals surface area (Å²) >= 11 is 1.36. The zero-order valence-electron chi connectivity index (χ0n) is 15.3. The minimum absolute atomic E-state index is 0.100. The highest BCUT2D eigenvalue weighted by molar-refractivity contribution is 8.19. The topological polar surface area (TPSA) is 41.9 Å². The summed E-state index contributed by atoms with van der Waals surface area (Å²) in [5, 5.41) is 0.628. The predicted octanol–water partition coefficient (Wildman–Crippen LogP) is 5.50. The second-order valence-corrected chi connectivity index (χ2v) is 7.07. The second-order valence-electron chi connectivity index (χ2n) is 6.06. The van der Waals surface area contributed by atoms with Gasteiger partial charge in [-0.2, -0.15) is 0 Å². The highest BCUT2D eigenvalue weighted by Crippen LogP contribution is 2.38. The Morgan fingerprint density at radius 1 is 0.893 bits per heavy atom. The molecule has 4 rings (SSSR count). The van der Waals surface area contributed by atoms with Gasteiger partial charge in [0.2, 0.25) is 0 Å². The van der Waals surface area contributed by atoms with Crippen LogP contribution in [0.2, 0.25) is 0 Å². The lowest BCUT2D eigenvalue weighted by Crippen LogP contribution is -2.28. The number of ether oxygens (including phenoxy) is 1. The quantitative estimate of drug-likeness (QED) is 0.556. The van der Waals surface area contributed by atoms with E-state index in [-0.39, 0.29) is 5.91 Å². The number of hydrogen-bond acceptors (Lipinski definition) is 4. The molecule has 1 heterocycles. The fraction of sp³-hybridized carbons (Fsp3) is 0.0435. The normalized spacial score (nSPS) is 16.8. The summed E-state index contributed by atoms with van der Waals surface area (Å²) < 4.78 is 5.42. The third-order valence-corrected chi connectivity index (χ3v) is 5.20. The zero-order valence-corrected chi connectivity index (χ0v) is 16.1. The standard InChI is InChI=1S/C23H18N2O2S/c1-27-20-15-9-8-10-17(20)16-21-22(26)25(19-13-6-3-7-14-19)23(28-21)24-18-11-4-2-5-12-18/h2-16H,1H3/b21-16-,24-23?. The van der Waals surface area contributed by atoms with Crippen LogP contribution in [0.15, 0.2) is 94.8 Å². The summed E-state index contributed by atoms with van der Waals surface area (Å²) in [5.41, 5.74) is 2.45. The molecule has 0 radical (unpaired) electrons. The Morgan fingerprint density at radius 3 is 2.25 bits per heavy atom. The number of hydrogen-bond donors (Lipinski definition) is 0. The van der Waals surface area contributed by atoms with Crippen LogP contribution >= 0.6 is 11.8 Å². The molecule has 0 aliphatic carbocycles. The lowest BCUT2D eigenvalue weighted by Gasteiger charge is -2.15. The van der Waals surface area contributed by atoms with E-state index in [1.54, 1.807) is 12.0 Å². The van der Waals surface area contributed by atoms with Crippen molar-refractivity contribution in [2.24, 2.45) is 4.99 Å². The fourth-order valence-corrected chi connectivity index (χ4v) is 3.89. The molecule has 4 nitrogen and oxygen atoms in total. The minimum atomic E-state index is -0.100. The van der Waals surface area contributed by atoms with Gasteiger partial charge in [0.1, 0.15) is 5.75 Å². The largest absolute Gasteiger partial charge is 0.496 e. The van der Waals surface area contributed by atoms with E-state index in [0.717, 1.165) is 22.7 Å². The van der Waals surface area contributed by atoms with E-state index in [0.29, 0.717) is 10.1 Å². The van der Waals surface area contributed by atoms with Crippen LogP contribution < -0.4 is 9.64 Å². The Kier molecular flexibility index (Phi) is 5.26. The Morgan fingerprint density at radius 2 is 1.54 bits per heavy atom. The zero-order chi connectivity index (χ0) is 19.3. The van der Waals surface area contributed by atoms with Gasteiger partial charge in [0, 0.05) is 5.56 Å². The molecular formula is C23H18N2O2S. The summed E-state index contributed by atoms with van der Waals surface area (Å²) in [6, 6.07) is 26.8. The predicted molar refractivity (Wildman–Crippen MR) is 116 cm³/mol. The van der Waals surface area contributed by atoms with Gasteiger partial charge in [0.05, 0.1) is 23.4 Å². The number of para-hydroxylation sites is 3. The lowest BCUT2D eigenvalue weighted by atomic mass is 10.2. The van der Waals surface area contributed by atoms with Crippen molar-refractivity contribution in [3.8, 4) is 5.75 Å². The van der Waals surface area contributed by atoms with Crippen LogP contribution in [-0.2, 0) is 4.79 Å². The van der Waals surface area contributed by atoms with Crippen LogP contribution in [0.4, 0.5) is 11.4 Å². The maximum atomic E-state index is 13.2. The average molecular weight is 386 g/mol. The van der Waals surface area contributed by atoms with E-state index in [4.69, 9.17) is 9.73 Å². The molecule has 0 N–H and O–H groups in total. The smallest absolute Gasteiger partial charge is 0.271 e. The molecular weight excluding hydrogens is 368 g/mol. The number of nitrogens with zero attached hydrogens (tertiary/aromatic N) is 2. The molecule has 1 amide bonds. The molecule has 28 heavy (non-hydrogen) atoms. The van der Waals surface area contributed by atoms with E-state index < -0.39 is 0 Å². The fourth-order valence-electron chi connectivity index (χ4n) is 2.89. The molecule has 138 valence electrons. The first-order valence-electron chi connectivity index (χ1n) is 8.82. The van der Waals surface area contributed by atoms with Crippen LogP contribution in [-0.4, -0.2) is 18.2 Å². The third kappa shape index (κ3) is 3.70. The van der Waals surface area contributed by atoms with Crippen molar-refractivity contribution in [1.82, 2.24) is 0 Å². The molecule has 0 saturated carbocycles. The van der Waals surface area contributed by atoms with Crippen LogP contribution in [0.3, 0.4) is 0 Å². The first-order valence-corrected chi connectivity index (χ1v) is 9.64. The number of methoxy groups -OCH3 is 1. The van der Waals surface area contributed by atoms with Gasteiger partial charge in [-0.1, -0.05) is 54.6 Å². The number of thioether (sulfide) groups is 1. The van der Waals surface area contributed by atoms with Gasteiger partial charge < -0.3 is 4.74 Å². The molecule has 1 saturated heterocycles. The third-order valence-electron chi connectivity index (χ3n) is 4.23. The summed E-state index contributed by atoms with van der Waals surface area (Å²) in [7, 11) is 1.62. The maximum absolute atomic E-state index is 13.2. The Bertz CT molecular complexity index is 1050.